The maximum atomic E-state index is 5.18. The quantitative estimate of drug-likeness (QED) is 0.673. The van der Waals surface area contributed by atoms with Crippen molar-refractivity contribution in [2.24, 2.45) is 0 Å². The van der Waals surface area contributed by atoms with Gasteiger partial charge in [0.1, 0.15) is 5.76 Å². The molecule has 1 unspecified atom stereocenters. The Kier molecular flexibility index (Phi) is 2.98. The van der Waals surface area contributed by atoms with Gasteiger partial charge in [0.05, 0.1) is 13.2 Å². The molecule has 1 saturated heterocycles. The van der Waals surface area contributed by atoms with Crippen LogP contribution in [0.3, 0.4) is 0 Å². The lowest BCUT2D eigenvalue weighted by Gasteiger charge is -2.34. The van der Waals surface area contributed by atoms with E-state index < -0.39 is 0 Å². The first-order chi connectivity index (χ1) is 6.03. The van der Waals surface area contributed by atoms with E-state index in [2.05, 4.69) is 30.9 Å². The molecule has 0 aromatic rings. The Morgan fingerprint density at radius 1 is 1.62 bits per heavy atom. The first-order valence-corrected chi connectivity index (χ1v) is 4.72. The first kappa shape index (κ1) is 10.5. The summed E-state index contributed by atoms with van der Waals surface area (Å²) >= 11 is 0. The monoisotopic (exact) mass is 184 g/mol. The summed E-state index contributed by atoms with van der Waals surface area (Å²) < 4.78 is 5.18. The van der Waals surface area contributed by atoms with Crippen molar-refractivity contribution in [2.45, 2.75) is 38.3 Å². The highest BCUT2D eigenvalue weighted by Gasteiger charge is 2.40. The molecule has 0 amide bonds. The minimum Gasteiger partial charge on any atom is -0.500 e. The van der Waals surface area contributed by atoms with E-state index in [4.69, 9.17) is 4.74 Å². The summed E-state index contributed by atoms with van der Waals surface area (Å²) in [4.78, 5) is 0. The second-order valence-electron chi connectivity index (χ2n) is 4.13. The van der Waals surface area contributed by atoms with E-state index in [-0.39, 0.29) is 5.54 Å². The minimum atomic E-state index is 0.195. The highest BCUT2D eigenvalue weighted by atomic mass is 16.5. The maximum Gasteiger partial charge on any atom is 0.107 e. The van der Waals surface area contributed by atoms with E-state index in [9.17, 15) is 0 Å². The third-order valence-corrected chi connectivity index (χ3v) is 2.87. The molecule has 0 aromatic heterocycles. The Morgan fingerprint density at radius 3 is 2.69 bits per heavy atom. The molecule has 1 N–H and O–H groups in total. The van der Waals surface area contributed by atoms with Gasteiger partial charge in [0.25, 0.3) is 0 Å². The lowest BCUT2D eigenvalue weighted by molar-refractivity contribution is 0.0659. The van der Waals surface area contributed by atoms with Crippen molar-refractivity contribution in [1.82, 2.24) is 10.4 Å². The molecule has 1 aliphatic heterocycles. The van der Waals surface area contributed by atoms with Crippen LogP contribution in [0.15, 0.2) is 12.3 Å². The van der Waals surface area contributed by atoms with Gasteiger partial charge in [-0.25, -0.2) is 5.01 Å². The van der Waals surface area contributed by atoms with E-state index >= 15 is 0 Å². The predicted molar refractivity (Wildman–Crippen MR) is 54.1 cm³/mol. The summed E-state index contributed by atoms with van der Waals surface area (Å²) in [5.41, 5.74) is 3.41. The van der Waals surface area contributed by atoms with Crippen LogP contribution in [0.4, 0.5) is 0 Å². The lowest BCUT2D eigenvalue weighted by Crippen LogP contribution is -2.50. The van der Waals surface area contributed by atoms with Gasteiger partial charge in [0.15, 0.2) is 0 Å². The Balaban J connectivity index is 2.74. The molecule has 0 bridgehead atoms. The molecule has 76 valence electrons. The fourth-order valence-electron chi connectivity index (χ4n) is 2.06. The number of hydrogen-bond donors (Lipinski definition) is 1. The summed E-state index contributed by atoms with van der Waals surface area (Å²) in [6.07, 6.45) is 2.28. The molecule has 3 nitrogen and oxygen atoms in total. The minimum absolute atomic E-state index is 0.195. The Morgan fingerprint density at radius 2 is 2.23 bits per heavy atom. The van der Waals surface area contributed by atoms with Gasteiger partial charge in [0.2, 0.25) is 0 Å². The van der Waals surface area contributed by atoms with E-state index in [1.54, 1.807) is 7.11 Å². The summed E-state index contributed by atoms with van der Waals surface area (Å²) in [5.74, 6) is 0.847. The standard InChI is InChI=1S/C10H20N2O/c1-8(13-5)9-6-7-10(2,3)12(9)11-4/h9,11H,1,6-7H2,2-5H3. The highest BCUT2D eigenvalue weighted by Crippen LogP contribution is 2.34. The molecule has 1 aliphatic rings. The smallest absolute Gasteiger partial charge is 0.107 e. The van der Waals surface area contributed by atoms with Gasteiger partial charge >= 0.3 is 0 Å². The average Bonchev–Trinajstić information content (AvgIpc) is 2.39. The van der Waals surface area contributed by atoms with Crippen LogP contribution < -0.4 is 5.43 Å². The van der Waals surface area contributed by atoms with Crippen molar-refractivity contribution < 1.29 is 4.74 Å². The SMILES string of the molecule is C=C(OC)C1CCC(C)(C)N1NC. The average molecular weight is 184 g/mol. The Hall–Kier alpha value is -0.540. The summed E-state index contributed by atoms with van der Waals surface area (Å²) in [6.45, 7) is 8.37. The van der Waals surface area contributed by atoms with Gasteiger partial charge in [-0.15, -0.1) is 0 Å². The number of nitrogens with zero attached hydrogens (tertiary/aromatic N) is 1. The van der Waals surface area contributed by atoms with E-state index in [0.29, 0.717) is 6.04 Å². The summed E-state index contributed by atoms with van der Waals surface area (Å²) in [5, 5.41) is 2.22. The fraction of sp³-hybridized carbons (Fsp3) is 0.800. The molecule has 0 aliphatic carbocycles. The number of ether oxygens (including phenoxy) is 1. The Labute approximate surface area is 80.7 Å². The molecule has 1 rings (SSSR count). The molecular formula is C10H20N2O. The van der Waals surface area contributed by atoms with E-state index in [1.165, 1.54) is 6.42 Å². The molecule has 1 atom stereocenters. The van der Waals surface area contributed by atoms with Crippen molar-refractivity contribution >= 4 is 0 Å². The molecule has 0 saturated carbocycles. The molecule has 1 fully saturated rings. The van der Waals surface area contributed by atoms with Crippen LogP contribution in [0.5, 0.6) is 0 Å². The van der Waals surface area contributed by atoms with Crippen LogP contribution in [0.1, 0.15) is 26.7 Å². The Bertz CT molecular complexity index is 201. The van der Waals surface area contributed by atoms with Crippen LogP contribution >= 0.6 is 0 Å². The van der Waals surface area contributed by atoms with Gasteiger partial charge in [0, 0.05) is 5.54 Å². The van der Waals surface area contributed by atoms with Crippen molar-refractivity contribution in [3.05, 3.63) is 12.3 Å². The van der Waals surface area contributed by atoms with E-state index in [1.807, 2.05) is 7.05 Å². The number of hydrogen-bond acceptors (Lipinski definition) is 3. The van der Waals surface area contributed by atoms with Crippen LogP contribution in [0.25, 0.3) is 0 Å². The van der Waals surface area contributed by atoms with Crippen LogP contribution in [-0.2, 0) is 4.74 Å². The van der Waals surface area contributed by atoms with Gasteiger partial charge in [-0.3, -0.25) is 5.43 Å². The summed E-state index contributed by atoms with van der Waals surface area (Å²) in [6, 6.07) is 0.310. The molecular weight excluding hydrogens is 164 g/mol. The van der Waals surface area contributed by atoms with Crippen LogP contribution in [0.2, 0.25) is 0 Å². The topological polar surface area (TPSA) is 24.5 Å². The van der Waals surface area contributed by atoms with Crippen molar-refractivity contribution in [3.63, 3.8) is 0 Å². The third-order valence-electron chi connectivity index (χ3n) is 2.87. The van der Waals surface area contributed by atoms with Crippen molar-refractivity contribution in [1.29, 1.82) is 0 Å². The molecule has 13 heavy (non-hydrogen) atoms. The van der Waals surface area contributed by atoms with Crippen LogP contribution in [-0.4, -0.2) is 30.7 Å². The molecule has 3 heteroatoms. The van der Waals surface area contributed by atoms with Gasteiger partial charge in [-0.1, -0.05) is 6.58 Å². The zero-order chi connectivity index (χ0) is 10.1. The second kappa shape index (κ2) is 3.68. The second-order valence-corrected chi connectivity index (χ2v) is 4.13. The molecule has 0 aromatic carbocycles. The third kappa shape index (κ3) is 1.86. The largest absolute Gasteiger partial charge is 0.500 e. The van der Waals surface area contributed by atoms with Gasteiger partial charge < -0.3 is 4.74 Å². The van der Waals surface area contributed by atoms with Crippen molar-refractivity contribution in [3.8, 4) is 0 Å². The first-order valence-electron chi connectivity index (χ1n) is 4.72. The zero-order valence-corrected chi connectivity index (χ0v) is 9.05. The number of hydrazine groups is 1. The molecule has 1 heterocycles. The molecule has 0 spiro atoms. The van der Waals surface area contributed by atoms with Crippen LogP contribution in [0, 0.1) is 0 Å². The highest BCUT2D eigenvalue weighted by molar-refractivity contribution is 5.05. The normalized spacial score (nSPS) is 27.5. The van der Waals surface area contributed by atoms with Crippen molar-refractivity contribution in [2.75, 3.05) is 14.2 Å². The lowest BCUT2D eigenvalue weighted by atomic mass is 10.0. The maximum absolute atomic E-state index is 5.18. The number of rotatable bonds is 3. The number of nitrogens with one attached hydrogen (secondary N) is 1. The summed E-state index contributed by atoms with van der Waals surface area (Å²) in [7, 11) is 3.63. The predicted octanol–water partition coefficient (Wildman–Crippen LogP) is 1.52. The van der Waals surface area contributed by atoms with Gasteiger partial charge in [-0.05, 0) is 33.7 Å². The zero-order valence-electron chi connectivity index (χ0n) is 9.05. The number of methoxy groups -OCH3 is 1. The fourth-order valence-corrected chi connectivity index (χ4v) is 2.06. The van der Waals surface area contributed by atoms with Gasteiger partial charge in [-0.2, -0.15) is 0 Å². The van der Waals surface area contributed by atoms with E-state index in [0.717, 1.165) is 12.2 Å². The molecule has 0 radical (unpaired) electrons.